The Hall–Kier alpha value is -1.83. The molecule has 0 aliphatic rings. The fourth-order valence-corrected chi connectivity index (χ4v) is 1.85. The Morgan fingerprint density at radius 3 is 2.38 bits per heavy atom. The molecule has 1 rings (SSSR count). The van der Waals surface area contributed by atoms with Crippen molar-refractivity contribution in [3.05, 3.63) is 22.6 Å². The number of carboxylic acid groups (broad SMARTS) is 1. The molecule has 116 valence electrons. The van der Waals surface area contributed by atoms with Crippen LogP contribution in [-0.4, -0.2) is 35.5 Å². The highest BCUT2D eigenvalue weighted by atomic mass is 79.9. The molecule has 3 N–H and O–H groups in total. The number of carbonyl (C=O) groups excluding carboxylic acids is 2. The molecule has 0 saturated heterocycles. The molecular weight excluding hydrogens is 344 g/mol. The highest BCUT2D eigenvalue weighted by Gasteiger charge is 2.32. The molecule has 0 unspecified atom stereocenters. The third kappa shape index (κ3) is 5.22. The normalized spacial score (nSPS) is 12.6. The van der Waals surface area contributed by atoms with E-state index in [1.54, 1.807) is 26.8 Å². The first-order chi connectivity index (χ1) is 9.61. The van der Waals surface area contributed by atoms with Crippen LogP contribution in [0.3, 0.4) is 0 Å². The number of aliphatic carboxylic acids is 1. The summed E-state index contributed by atoms with van der Waals surface area (Å²) in [5.74, 6) is -2.22. The zero-order valence-electron chi connectivity index (χ0n) is 11.9. The van der Waals surface area contributed by atoms with Crippen molar-refractivity contribution in [2.24, 2.45) is 5.41 Å². The first-order valence-electron chi connectivity index (χ1n) is 6.17. The minimum absolute atomic E-state index is 0.0558. The lowest BCUT2D eigenvalue weighted by atomic mass is 9.87. The molecule has 0 aromatic carbocycles. The van der Waals surface area contributed by atoms with Crippen LogP contribution in [0.5, 0.6) is 0 Å². The Morgan fingerprint density at radius 2 is 1.95 bits per heavy atom. The molecule has 1 atom stereocenters. The predicted molar refractivity (Wildman–Crippen MR) is 77.8 cm³/mol. The van der Waals surface area contributed by atoms with Gasteiger partial charge >= 0.3 is 5.97 Å². The fraction of sp³-hybridized carbons (Fsp3) is 0.462. The molecule has 0 saturated carbocycles. The van der Waals surface area contributed by atoms with E-state index in [-0.39, 0.29) is 12.3 Å². The van der Waals surface area contributed by atoms with Gasteiger partial charge in [0.2, 0.25) is 5.91 Å². The summed E-state index contributed by atoms with van der Waals surface area (Å²) in [5, 5.41) is 13.8. The van der Waals surface area contributed by atoms with Gasteiger partial charge in [-0.2, -0.15) is 0 Å². The smallest absolute Gasteiger partial charge is 0.326 e. The van der Waals surface area contributed by atoms with E-state index in [0.29, 0.717) is 4.67 Å². The van der Waals surface area contributed by atoms with E-state index in [1.165, 1.54) is 6.07 Å². The molecule has 2 amide bonds. The molecule has 21 heavy (non-hydrogen) atoms. The summed E-state index contributed by atoms with van der Waals surface area (Å²) in [5.41, 5.74) is -0.641. The SMILES string of the molecule is CC(C)(C)[C@H](NC(=O)CNC(=O)c1ccc(Br)o1)C(=O)O. The van der Waals surface area contributed by atoms with Crippen LogP contribution in [-0.2, 0) is 9.59 Å². The van der Waals surface area contributed by atoms with Crippen LogP contribution >= 0.6 is 15.9 Å². The second-order valence-electron chi connectivity index (χ2n) is 5.49. The molecule has 8 heteroatoms. The van der Waals surface area contributed by atoms with Gasteiger partial charge in [-0.1, -0.05) is 20.8 Å². The minimum Gasteiger partial charge on any atom is -0.480 e. The maximum Gasteiger partial charge on any atom is 0.326 e. The van der Waals surface area contributed by atoms with Crippen LogP contribution in [0.4, 0.5) is 0 Å². The van der Waals surface area contributed by atoms with Gasteiger partial charge in [0.1, 0.15) is 6.04 Å². The van der Waals surface area contributed by atoms with Crippen LogP contribution in [0.1, 0.15) is 31.3 Å². The van der Waals surface area contributed by atoms with Gasteiger partial charge in [-0.25, -0.2) is 4.79 Å². The molecule has 7 nitrogen and oxygen atoms in total. The van der Waals surface area contributed by atoms with Crippen LogP contribution in [0, 0.1) is 5.41 Å². The van der Waals surface area contributed by atoms with E-state index in [0.717, 1.165) is 0 Å². The van der Waals surface area contributed by atoms with Crippen molar-refractivity contribution in [2.45, 2.75) is 26.8 Å². The molecule has 0 spiro atoms. The lowest BCUT2D eigenvalue weighted by Gasteiger charge is -2.27. The zero-order chi connectivity index (χ0) is 16.2. The number of rotatable bonds is 5. The standard InChI is InChI=1S/C13H17BrN2O5/c1-13(2,3)10(12(19)20)16-9(17)6-15-11(18)7-4-5-8(14)21-7/h4-5,10H,6H2,1-3H3,(H,15,18)(H,16,17)(H,19,20)/t10-/m1/s1. The number of hydrogen-bond donors (Lipinski definition) is 3. The van der Waals surface area contributed by atoms with E-state index < -0.39 is 29.2 Å². The van der Waals surface area contributed by atoms with Gasteiger partial charge in [-0.05, 0) is 33.5 Å². The number of hydrogen-bond acceptors (Lipinski definition) is 4. The quantitative estimate of drug-likeness (QED) is 0.734. The van der Waals surface area contributed by atoms with Gasteiger partial charge in [0.15, 0.2) is 10.4 Å². The molecule has 0 bridgehead atoms. The summed E-state index contributed by atoms with van der Waals surface area (Å²) in [7, 11) is 0. The summed E-state index contributed by atoms with van der Waals surface area (Å²) in [4.78, 5) is 34.5. The minimum atomic E-state index is -1.13. The summed E-state index contributed by atoms with van der Waals surface area (Å²) in [6, 6.07) is 1.96. The molecule has 0 aliphatic carbocycles. The van der Waals surface area contributed by atoms with Crippen LogP contribution in [0.25, 0.3) is 0 Å². The highest BCUT2D eigenvalue weighted by molar-refractivity contribution is 9.10. The van der Waals surface area contributed by atoms with Crippen molar-refractivity contribution >= 4 is 33.7 Å². The van der Waals surface area contributed by atoms with Gasteiger partial charge in [0.05, 0.1) is 6.54 Å². The van der Waals surface area contributed by atoms with E-state index in [9.17, 15) is 14.4 Å². The summed E-state index contributed by atoms with van der Waals surface area (Å²) in [6.07, 6.45) is 0. The van der Waals surface area contributed by atoms with Gasteiger partial charge in [-0.15, -0.1) is 0 Å². The van der Waals surface area contributed by atoms with Crippen molar-refractivity contribution in [3.63, 3.8) is 0 Å². The Kier molecular flexibility index (Phi) is 5.54. The summed E-state index contributed by atoms with van der Waals surface area (Å²) >= 11 is 3.06. The first kappa shape index (κ1) is 17.2. The number of nitrogens with one attached hydrogen (secondary N) is 2. The Bertz CT molecular complexity index is 547. The first-order valence-corrected chi connectivity index (χ1v) is 6.96. The molecule has 0 aliphatic heterocycles. The lowest BCUT2D eigenvalue weighted by molar-refractivity contribution is -0.144. The van der Waals surface area contributed by atoms with Crippen molar-refractivity contribution in [1.29, 1.82) is 0 Å². The molecule has 1 aromatic heterocycles. The monoisotopic (exact) mass is 360 g/mol. The third-order valence-corrected chi connectivity index (χ3v) is 3.05. The average molecular weight is 361 g/mol. The van der Waals surface area contributed by atoms with Crippen molar-refractivity contribution in [3.8, 4) is 0 Å². The Labute approximate surface area is 130 Å². The van der Waals surface area contributed by atoms with Crippen molar-refractivity contribution < 1.29 is 23.9 Å². The third-order valence-electron chi connectivity index (χ3n) is 2.62. The number of halogens is 1. The molecule has 0 fully saturated rings. The topological polar surface area (TPSA) is 109 Å². The number of carboxylic acids is 1. The number of furan rings is 1. The maximum atomic E-state index is 11.7. The van der Waals surface area contributed by atoms with Crippen LogP contribution in [0.15, 0.2) is 21.2 Å². The second kappa shape index (κ2) is 6.75. The molecule has 0 radical (unpaired) electrons. The Morgan fingerprint density at radius 1 is 1.33 bits per heavy atom. The predicted octanol–water partition coefficient (Wildman–Crippen LogP) is 1.39. The van der Waals surface area contributed by atoms with E-state index in [4.69, 9.17) is 9.52 Å². The molecular formula is C13H17BrN2O5. The van der Waals surface area contributed by atoms with Gasteiger partial charge in [-0.3, -0.25) is 9.59 Å². The second-order valence-corrected chi connectivity index (χ2v) is 6.27. The lowest BCUT2D eigenvalue weighted by Crippen LogP contribution is -2.51. The van der Waals surface area contributed by atoms with Crippen molar-refractivity contribution in [1.82, 2.24) is 10.6 Å². The maximum absolute atomic E-state index is 11.7. The zero-order valence-corrected chi connectivity index (χ0v) is 13.5. The van der Waals surface area contributed by atoms with E-state index >= 15 is 0 Å². The summed E-state index contributed by atoms with van der Waals surface area (Å²) < 4.78 is 5.43. The Balaban J connectivity index is 2.54. The van der Waals surface area contributed by atoms with E-state index in [2.05, 4.69) is 26.6 Å². The number of amides is 2. The summed E-state index contributed by atoms with van der Waals surface area (Å²) in [6.45, 7) is 4.76. The van der Waals surface area contributed by atoms with Crippen LogP contribution < -0.4 is 10.6 Å². The van der Waals surface area contributed by atoms with Gasteiger partial charge in [0.25, 0.3) is 5.91 Å². The van der Waals surface area contributed by atoms with Crippen LogP contribution in [0.2, 0.25) is 0 Å². The molecule has 1 heterocycles. The van der Waals surface area contributed by atoms with Gasteiger partial charge < -0.3 is 20.2 Å². The average Bonchev–Trinajstić information content (AvgIpc) is 2.78. The largest absolute Gasteiger partial charge is 0.480 e. The van der Waals surface area contributed by atoms with Crippen molar-refractivity contribution in [2.75, 3.05) is 6.54 Å². The number of carbonyl (C=O) groups is 3. The molecule has 1 aromatic rings. The fourth-order valence-electron chi connectivity index (χ4n) is 1.54. The van der Waals surface area contributed by atoms with Gasteiger partial charge in [0, 0.05) is 0 Å². The highest BCUT2D eigenvalue weighted by Crippen LogP contribution is 2.19. The van der Waals surface area contributed by atoms with E-state index in [1.807, 2.05) is 0 Å².